The summed E-state index contributed by atoms with van der Waals surface area (Å²) in [5.41, 5.74) is 2.50. The number of ether oxygens (including phenoxy) is 1. The number of halogens is 1. The molecule has 0 atom stereocenters. The zero-order valence-corrected chi connectivity index (χ0v) is 15.1. The van der Waals surface area contributed by atoms with Crippen LogP contribution >= 0.6 is 15.9 Å². The van der Waals surface area contributed by atoms with Gasteiger partial charge in [-0.15, -0.1) is 0 Å². The van der Waals surface area contributed by atoms with Crippen LogP contribution < -0.4 is 15.4 Å². The lowest BCUT2D eigenvalue weighted by molar-refractivity contribution is -0.136. The molecule has 0 heterocycles. The van der Waals surface area contributed by atoms with E-state index in [4.69, 9.17) is 4.74 Å². The largest absolute Gasteiger partial charge is 0.494 e. The molecule has 2 aromatic carbocycles. The number of anilines is 1. The van der Waals surface area contributed by atoms with E-state index in [1.165, 1.54) is 0 Å². The van der Waals surface area contributed by atoms with E-state index in [0.29, 0.717) is 12.3 Å². The second-order valence-corrected chi connectivity index (χ2v) is 6.05. The molecule has 6 heteroatoms. The van der Waals surface area contributed by atoms with Gasteiger partial charge in [0, 0.05) is 11.0 Å². The van der Waals surface area contributed by atoms with E-state index >= 15 is 0 Å². The molecule has 0 bridgehead atoms. The molecule has 0 saturated carbocycles. The van der Waals surface area contributed by atoms with E-state index in [1.54, 1.807) is 6.07 Å². The number of aryl methyl sites for hydroxylation is 1. The quantitative estimate of drug-likeness (QED) is 0.768. The van der Waals surface area contributed by atoms with Crippen molar-refractivity contribution >= 4 is 33.4 Å². The van der Waals surface area contributed by atoms with Gasteiger partial charge in [0.05, 0.1) is 12.3 Å². The summed E-state index contributed by atoms with van der Waals surface area (Å²) in [4.78, 5) is 23.9. The van der Waals surface area contributed by atoms with Gasteiger partial charge in [-0.2, -0.15) is 0 Å². The average molecular weight is 391 g/mol. The standard InChI is InChI=1S/C18H19BrN2O3/c1-3-24-14-7-5-13(6-8-14)11-20-17(22)18(23)21-16-9-4-12(2)10-15(16)19/h4-10H,3,11H2,1-2H3,(H,20,22)(H,21,23). The Hall–Kier alpha value is -2.34. The molecule has 0 saturated heterocycles. The average Bonchev–Trinajstić information content (AvgIpc) is 2.56. The Morgan fingerprint density at radius 1 is 1.08 bits per heavy atom. The van der Waals surface area contributed by atoms with Crippen LogP contribution in [0.3, 0.4) is 0 Å². The highest BCUT2D eigenvalue weighted by Gasteiger charge is 2.14. The molecule has 0 fully saturated rings. The lowest BCUT2D eigenvalue weighted by Gasteiger charge is -2.09. The van der Waals surface area contributed by atoms with E-state index in [-0.39, 0.29) is 6.54 Å². The summed E-state index contributed by atoms with van der Waals surface area (Å²) < 4.78 is 6.09. The summed E-state index contributed by atoms with van der Waals surface area (Å²) in [6.45, 7) is 4.73. The molecular formula is C18H19BrN2O3. The first-order valence-electron chi connectivity index (χ1n) is 7.56. The highest BCUT2D eigenvalue weighted by molar-refractivity contribution is 9.10. The van der Waals surface area contributed by atoms with Crippen molar-refractivity contribution in [3.05, 3.63) is 58.1 Å². The predicted molar refractivity (Wildman–Crippen MR) is 97.0 cm³/mol. The van der Waals surface area contributed by atoms with Gasteiger partial charge in [-0.1, -0.05) is 18.2 Å². The molecule has 0 aliphatic rings. The van der Waals surface area contributed by atoms with Gasteiger partial charge in [0.1, 0.15) is 5.75 Å². The zero-order valence-electron chi connectivity index (χ0n) is 13.6. The Kier molecular flexibility index (Phi) is 6.37. The fourth-order valence-corrected chi connectivity index (χ4v) is 2.63. The van der Waals surface area contributed by atoms with Crippen LogP contribution in [0.5, 0.6) is 5.75 Å². The molecule has 24 heavy (non-hydrogen) atoms. The number of amides is 2. The van der Waals surface area contributed by atoms with Gasteiger partial charge in [-0.05, 0) is 65.2 Å². The Morgan fingerprint density at radius 3 is 2.42 bits per heavy atom. The molecule has 0 aliphatic carbocycles. The number of rotatable bonds is 5. The highest BCUT2D eigenvalue weighted by Crippen LogP contribution is 2.23. The van der Waals surface area contributed by atoms with Gasteiger partial charge in [0.25, 0.3) is 0 Å². The van der Waals surface area contributed by atoms with Crippen molar-refractivity contribution in [3.63, 3.8) is 0 Å². The van der Waals surface area contributed by atoms with E-state index < -0.39 is 11.8 Å². The van der Waals surface area contributed by atoms with Crippen LogP contribution in [0, 0.1) is 6.92 Å². The topological polar surface area (TPSA) is 67.4 Å². The summed E-state index contributed by atoms with van der Waals surface area (Å²) in [5, 5.41) is 5.18. The minimum Gasteiger partial charge on any atom is -0.494 e. The maximum Gasteiger partial charge on any atom is 0.313 e. The van der Waals surface area contributed by atoms with Crippen molar-refractivity contribution in [1.29, 1.82) is 0 Å². The predicted octanol–water partition coefficient (Wildman–Crippen LogP) is 3.41. The molecule has 0 unspecified atom stereocenters. The lowest BCUT2D eigenvalue weighted by atomic mass is 10.2. The third-order valence-corrected chi connectivity index (χ3v) is 3.92. The Bertz CT molecular complexity index is 730. The van der Waals surface area contributed by atoms with E-state index in [0.717, 1.165) is 21.3 Å². The first-order chi connectivity index (χ1) is 11.5. The molecular weight excluding hydrogens is 372 g/mol. The fourth-order valence-electron chi connectivity index (χ4n) is 2.03. The van der Waals surface area contributed by atoms with Crippen LogP contribution in [0.4, 0.5) is 5.69 Å². The Labute approximate surface area is 149 Å². The number of carbonyl (C=O) groups excluding carboxylic acids is 2. The second kappa shape index (κ2) is 8.49. The van der Waals surface area contributed by atoms with Gasteiger partial charge < -0.3 is 15.4 Å². The second-order valence-electron chi connectivity index (χ2n) is 5.20. The van der Waals surface area contributed by atoms with Gasteiger partial charge in [0.2, 0.25) is 0 Å². The molecule has 5 nitrogen and oxygen atoms in total. The summed E-state index contributed by atoms with van der Waals surface area (Å²) in [6, 6.07) is 12.8. The molecule has 0 aliphatic heterocycles. The van der Waals surface area contributed by atoms with Crippen LogP contribution in [-0.2, 0) is 16.1 Å². The van der Waals surface area contributed by atoms with Gasteiger partial charge >= 0.3 is 11.8 Å². The van der Waals surface area contributed by atoms with E-state index in [2.05, 4.69) is 26.6 Å². The SMILES string of the molecule is CCOc1ccc(CNC(=O)C(=O)Nc2ccc(C)cc2Br)cc1. The van der Waals surface area contributed by atoms with Gasteiger partial charge in [-0.3, -0.25) is 9.59 Å². The zero-order chi connectivity index (χ0) is 17.5. The maximum absolute atomic E-state index is 11.9. The number of nitrogens with one attached hydrogen (secondary N) is 2. The van der Waals surface area contributed by atoms with Crippen molar-refractivity contribution in [1.82, 2.24) is 5.32 Å². The van der Waals surface area contributed by atoms with Crippen LogP contribution in [-0.4, -0.2) is 18.4 Å². The van der Waals surface area contributed by atoms with Crippen LogP contribution in [0.25, 0.3) is 0 Å². The van der Waals surface area contributed by atoms with Crippen molar-refractivity contribution in [2.24, 2.45) is 0 Å². The molecule has 0 spiro atoms. The Morgan fingerprint density at radius 2 is 1.79 bits per heavy atom. The maximum atomic E-state index is 11.9. The molecule has 2 rings (SSSR count). The van der Waals surface area contributed by atoms with Crippen LogP contribution in [0.1, 0.15) is 18.1 Å². The molecule has 126 valence electrons. The van der Waals surface area contributed by atoms with E-state index in [9.17, 15) is 9.59 Å². The third-order valence-electron chi connectivity index (χ3n) is 3.27. The van der Waals surface area contributed by atoms with Crippen molar-refractivity contribution in [2.45, 2.75) is 20.4 Å². The van der Waals surface area contributed by atoms with E-state index in [1.807, 2.05) is 50.2 Å². The summed E-state index contributed by atoms with van der Waals surface area (Å²) in [5.74, 6) is -0.614. The lowest BCUT2D eigenvalue weighted by Crippen LogP contribution is -2.35. The fraction of sp³-hybridized carbons (Fsp3) is 0.222. The number of carbonyl (C=O) groups is 2. The molecule has 0 radical (unpaired) electrons. The molecule has 2 aromatic rings. The minimum absolute atomic E-state index is 0.272. The normalized spacial score (nSPS) is 10.1. The van der Waals surface area contributed by atoms with Crippen molar-refractivity contribution in [2.75, 3.05) is 11.9 Å². The molecule has 2 amide bonds. The van der Waals surface area contributed by atoms with Crippen molar-refractivity contribution < 1.29 is 14.3 Å². The molecule has 2 N–H and O–H groups in total. The van der Waals surface area contributed by atoms with Crippen LogP contribution in [0.2, 0.25) is 0 Å². The minimum atomic E-state index is -0.703. The first kappa shape index (κ1) is 18.0. The van der Waals surface area contributed by atoms with Gasteiger partial charge in [-0.25, -0.2) is 0 Å². The highest BCUT2D eigenvalue weighted by atomic mass is 79.9. The van der Waals surface area contributed by atoms with Gasteiger partial charge in [0.15, 0.2) is 0 Å². The monoisotopic (exact) mass is 390 g/mol. The number of benzene rings is 2. The molecule has 0 aromatic heterocycles. The smallest absolute Gasteiger partial charge is 0.313 e. The first-order valence-corrected chi connectivity index (χ1v) is 8.36. The number of hydrogen-bond donors (Lipinski definition) is 2. The summed E-state index contributed by atoms with van der Waals surface area (Å²) >= 11 is 3.36. The number of hydrogen-bond acceptors (Lipinski definition) is 3. The van der Waals surface area contributed by atoms with Crippen molar-refractivity contribution in [3.8, 4) is 5.75 Å². The van der Waals surface area contributed by atoms with Crippen LogP contribution in [0.15, 0.2) is 46.9 Å². The Balaban J connectivity index is 1.88. The summed E-state index contributed by atoms with van der Waals surface area (Å²) in [7, 11) is 0. The third kappa shape index (κ3) is 5.09. The summed E-state index contributed by atoms with van der Waals surface area (Å²) in [6.07, 6.45) is 0.